The molecule has 6 N–H and O–H groups in total. The summed E-state index contributed by atoms with van der Waals surface area (Å²) in [5.74, 6) is -0.317. The van der Waals surface area contributed by atoms with Gasteiger partial charge in [0.15, 0.2) is 0 Å². The van der Waals surface area contributed by atoms with E-state index in [4.69, 9.17) is 10.2 Å². The molecule has 0 fully saturated rings. The van der Waals surface area contributed by atoms with Crippen molar-refractivity contribution in [3.05, 3.63) is 47.5 Å². The molecule has 2 aromatic carbocycles. The minimum atomic E-state index is -0.114. The molecule has 0 amide bonds. The van der Waals surface area contributed by atoms with Gasteiger partial charge in [-0.2, -0.15) is 10.2 Å². The molecule has 0 aliphatic carbocycles. The molecule has 0 unspecified atom stereocenters. The van der Waals surface area contributed by atoms with Gasteiger partial charge in [0.1, 0.15) is 23.0 Å². The summed E-state index contributed by atoms with van der Waals surface area (Å²) in [5.41, 5.74) is 0.796. The average Bonchev–Trinajstić information content (AvgIpc) is 2.39. The Hall–Kier alpha value is -3.06. The zero-order valence-electron chi connectivity index (χ0n) is 10.8. The molecule has 0 radical (unpaired) electrons. The highest BCUT2D eigenvalue weighted by atomic mass is 16.3. The Morgan fingerprint density at radius 1 is 0.667 bits per heavy atom. The first kappa shape index (κ1) is 16.0. The Balaban J connectivity index is 0.00000220. The summed E-state index contributed by atoms with van der Waals surface area (Å²) in [4.78, 5) is 0. The van der Waals surface area contributed by atoms with Gasteiger partial charge in [0.2, 0.25) is 0 Å². The zero-order valence-corrected chi connectivity index (χ0v) is 10.8. The lowest BCUT2D eigenvalue weighted by Gasteiger charge is -1.98. The Bertz CT molecular complexity index is 624. The predicted octanol–water partition coefficient (Wildman–Crippen LogP) is 1.14. The maximum atomic E-state index is 9.51. The maximum Gasteiger partial charge on any atom is 0.128 e. The number of rotatable bonds is 3. The van der Waals surface area contributed by atoms with E-state index in [2.05, 4.69) is 10.2 Å². The van der Waals surface area contributed by atoms with E-state index in [-0.39, 0.29) is 28.5 Å². The number of phenolic OH excluding ortho intramolecular Hbond substituents is 4. The lowest BCUT2D eigenvalue weighted by molar-refractivity contribution is 0.449. The first-order valence-electron chi connectivity index (χ1n) is 5.66. The number of aromatic hydroxyl groups is 4. The van der Waals surface area contributed by atoms with Gasteiger partial charge in [0.25, 0.3) is 0 Å². The summed E-state index contributed by atoms with van der Waals surface area (Å²) in [5, 5.41) is 44.7. The summed E-state index contributed by atoms with van der Waals surface area (Å²) >= 11 is 0. The molecule has 21 heavy (non-hydrogen) atoms. The first-order valence-corrected chi connectivity index (χ1v) is 5.66. The number of benzene rings is 2. The molecule has 0 heterocycles. The molecule has 0 atom stereocenters. The van der Waals surface area contributed by atoms with Crippen LogP contribution in [0.5, 0.6) is 23.0 Å². The Kier molecular flexibility index (Phi) is 5.27. The second-order valence-electron chi connectivity index (χ2n) is 3.98. The summed E-state index contributed by atoms with van der Waals surface area (Å²) < 4.78 is 0. The summed E-state index contributed by atoms with van der Waals surface area (Å²) in [6.07, 6.45) is 2.62. The normalized spacial score (nSPS) is 10.9. The van der Waals surface area contributed by atoms with E-state index in [1.807, 2.05) is 0 Å². The van der Waals surface area contributed by atoms with Crippen molar-refractivity contribution in [2.45, 2.75) is 0 Å². The van der Waals surface area contributed by atoms with Gasteiger partial charge in [-0.1, -0.05) is 0 Å². The van der Waals surface area contributed by atoms with Crippen LogP contribution in [0.3, 0.4) is 0 Å². The van der Waals surface area contributed by atoms with Crippen LogP contribution in [0.1, 0.15) is 11.1 Å². The average molecular weight is 290 g/mol. The van der Waals surface area contributed by atoms with Crippen molar-refractivity contribution in [2.75, 3.05) is 0 Å². The van der Waals surface area contributed by atoms with Crippen molar-refractivity contribution in [3.63, 3.8) is 0 Å². The Morgan fingerprint density at radius 2 is 1.05 bits per heavy atom. The standard InChI is InChI=1S/C14H12N2O4.H2O/c17-11-3-1-9(13(19)5-11)7-15-16-8-10-2-4-12(18)6-14(10)20;/h1-8,17-20H;1H2/b15-7+,16-8+;. The van der Waals surface area contributed by atoms with Gasteiger partial charge in [-0.05, 0) is 24.3 Å². The molecule has 0 aliphatic rings. The molecule has 0 saturated carbocycles. The topological polar surface area (TPSA) is 137 Å². The number of phenols is 4. The smallest absolute Gasteiger partial charge is 0.128 e. The zero-order chi connectivity index (χ0) is 14.5. The lowest BCUT2D eigenvalue weighted by Crippen LogP contribution is -1.83. The SMILES string of the molecule is O.Oc1ccc(/C=N/N=C/c2ccc(O)cc2O)c(O)c1. The third-order valence-corrected chi connectivity index (χ3v) is 2.49. The second kappa shape index (κ2) is 6.92. The summed E-state index contributed by atoms with van der Waals surface area (Å²) in [7, 11) is 0. The van der Waals surface area contributed by atoms with Gasteiger partial charge in [-0.3, -0.25) is 0 Å². The molecule has 0 spiro atoms. The Morgan fingerprint density at radius 3 is 1.38 bits per heavy atom. The highest BCUT2D eigenvalue weighted by Gasteiger charge is 1.99. The third kappa shape index (κ3) is 4.22. The quantitative estimate of drug-likeness (QED) is 0.497. The number of hydrogen-bond donors (Lipinski definition) is 4. The molecule has 110 valence electrons. The van der Waals surface area contributed by atoms with E-state index in [9.17, 15) is 10.2 Å². The molecule has 2 rings (SSSR count). The van der Waals surface area contributed by atoms with Crippen molar-refractivity contribution in [3.8, 4) is 23.0 Å². The van der Waals surface area contributed by atoms with Crippen LogP contribution in [0.4, 0.5) is 0 Å². The summed E-state index contributed by atoms with van der Waals surface area (Å²) in [6, 6.07) is 8.18. The van der Waals surface area contributed by atoms with E-state index < -0.39 is 0 Å². The van der Waals surface area contributed by atoms with Crippen LogP contribution < -0.4 is 0 Å². The van der Waals surface area contributed by atoms with E-state index in [0.29, 0.717) is 11.1 Å². The lowest BCUT2D eigenvalue weighted by atomic mass is 10.2. The van der Waals surface area contributed by atoms with Gasteiger partial charge in [-0.25, -0.2) is 0 Å². The van der Waals surface area contributed by atoms with Crippen molar-refractivity contribution in [2.24, 2.45) is 10.2 Å². The van der Waals surface area contributed by atoms with E-state index in [1.165, 1.54) is 48.8 Å². The largest absolute Gasteiger partial charge is 0.508 e. The van der Waals surface area contributed by atoms with E-state index in [0.717, 1.165) is 0 Å². The molecule has 0 bridgehead atoms. The highest BCUT2D eigenvalue weighted by molar-refractivity contribution is 5.86. The van der Waals surface area contributed by atoms with Gasteiger partial charge in [0, 0.05) is 23.3 Å². The van der Waals surface area contributed by atoms with Crippen molar-refractivity contribution < 1.29 is 25.9 Å². The number of nitrogens with zero attached hydrogens (tertiary/aromatic N) is 2. The van der Waals surface area contributed by atoms with E-state index >= 15 is 0 Å². The first-order chi connectivity index (χ1) is 9.56. The maximum absolute atomic E-state index is 9.51. The molecule has 7 heteroatoms. The molecule has 0 aliphatic heterocycles. The molecule has 0 saturated heterocycles. The number of hydrogen-bond acceptors (Lipinski definition) is 6. The van der Waals surface area contributed by atoms with Crippen LogP contribution in [0.25, 0.3) is 0 Å². The van der Waals surface area contributed by atoms with Crippen LogP contribution in [-0.4, -0.2) is 38.3 Å². The molecule has 0 aromatic heterocycles. The van der Waals surface area contributed by atoms with Crippen LogP contribution in [0.15, 0.2) is 46.6 Å². The van der Waals surface area contributed by atoms with Crippen molar-refractivity contribution >= 4 is 12.4 Å². The fraction of sp³-hybridized carbons (Fsp3) is 0. The fourth-order valence-corrected chi connectivity index (χ4v) is 1.47. The minimum Gasteiger partial charge on any atom is -0.508 e. The van der Waals surface area contributed by atoms with Crippen LogP contribution in [0, 0.1) is 0 Å². The molecular weight excluding hydrogens is 276 g/mol. The van der Waals surface area contributed by atoms with E-state index in [1.54, 1.807) is 0 Å². The Labute approximate surface area is 120 Å². The van der Waals surface area contributed by atoms with Crippen molar-refractivity contribution in [1.82, 2.24) is 0 Å². The second-order valence-corrected chi connectivity index (χ2v) is 3.98. The van der Waals surface area contributed by atoms with Crippen molar-refractivity contribution in [1.29, 1.82) is 0 Å². The van der Waals surface area contributed by atoms with Crippen LogP contribution >= 0.6 is 0 Å². The summed E-state index contributed by atoms with van der Waals surface area (Å²) in [6.45, 7) is 0. The van der Waals surface area contributed by atoms with Crippen LogP contribution in [0.2, 0.25) is 0 Å². The molecular formula is C14H14N2O5. The third-order valence-electron chi connectivity index (χ3n) is 2.49. The molecule has 7 nitrogen and oxygen atoms in total. The minimum absolute atomic E-state index is 0. The van der Waals surface area contributed by atoms with Gasteiger partial charge in [0.05, 0.1) is 12.4 Å². The molecule has 2 aromatic rings. The van der Waals surface area contributed by atoms with Gasteiger partial charge >= 0.3 is 0 Å². The highest BCUT2D eigenvalue weighted by Crippen LogP contribution is 2.22. The van der Waals surface area contributed by atoms with Crippen LogP contribution in [-0.2, 0) is 0 Å². The fourth-order valence-electron chi connectivity index (χ4n) is 1.47. The van der Waals surface area contributed by atoms with Gasteiger partial charge in [-0.15, -0.1) is 0 Å². The predicted molar refractivity (Wildman–Crippen MR) is 78.3 cm³/mol. The van der Waals surface area contributed by atoms with Gasteiger partial charge < -0.3 is 25.9 Å². The monoisotopic (exact) mass is 290 g/mol.